The van der Waals surface area contributed by atoms with E-state index in [2.05, 4.69) is 10.2 Å². The van der Waals surface area contributed by atoms with Crippen molar-refractivity contribution >= 4 is 28.6 Å². The summed E-state index contributed by atoms with van der Waals surface area (Å²) in [5.74, 6) is -0.348. The zero-order chi connectivity index (χ0) is 18.5. The van der Waals surface area contributed by atoms with Gasteiger partial charge in [-0.25, -0.2) is 4.79 Å². The van der Waals surface area contributed by atoms with Gasteiger partial charge in [0.1, 0.15) is 0 Å². The van der Waals surface area contributed by atoms with E-state index in [1.54, 1.807) is 0 Å². The zero-order valence-corrected chi connectivity index (χ0v) is 14.5. The largest absolute Gasteiger partial charge is 0.351 e. The number of imide groups is 1. The number of benzene rings is 2. The number of primary amides is 1. The van der Waals surface area contributed by atoms with Crippen LogP contribution < -0.4 is 11.1 Å². The van der Waals surface area contributed by atoms with Crippen LogP contribution in [0, 0.1) is 0 Å². The summed E-state index contributed by atoms with van der Waals surface area (Å²) >= 11 is 0. The molecular formula is C19H22N4O3. The van der Waals surface area contributed by atoms with E-state index >= 15 is 0 Å². The molecule has 0 radical (unpaired) electrons. The molecule has 0 spiro atoms. The summed E-state index contributed by atoms with van der Waals surface area (Å²) in [5.41, 5.74) is 5.64. The number of nitrogens with one attached hydrogen (secondary N) is 1. The molecule has 0 saturated carbocycles. The molecule has 3 N–H and O–H groups in total. The van der Waals surface area contributed by atoms with Gasteiger partial charge in [0.25, 0.3) is 5.91 Å². The highest BCUT2D eigenvalue weighted by Gasteiger charge is 2.23. The minimum atomic E-state index is -0.833. The van der Waals surface area contributed by atoms with Gasteiger partial charge < -0.3 is 10.6 Å². The molecule has 2 aromatic rings. The van der Waals surface area contributed by atoms with Crippen LogP contribution in [0.5, 0.6) is 0 Å². The highest BCUT2D eigenvalue weighted by molar-refractivity contribution is 6.07. The molecule has 0 aliphatic carbocycles. The van der Waals surface area contributed by atoms with Crippen molar-refractivity contribution in [2.45, 2.75) is 6.42 Å². The number of amides is 4. The van der Waals surface area contributed by atoms with Crippen LogP contribution in [-0.4, -0.2) is 60.4 Å². The number of nitrogens with two attached hydrogens (primary N) is 1. The predicted molar refractivity (Wildman–Crippen MR) is 98.6 cm³/mol. The second kappa shape index (κ2) is 7.97. The number of nitrogens with zero attached hydrogens (tertiary/aromatic N) is 2. The van der Waals surface area contributed by atoms with Gasteiger partial charge in [0, 0.05) is 44.7 Å². The normalized spacial score (nSPS) is 15.0. The SMILES string of the molecule is NC(=O)NC(=O)CCN1CCN(C(=O)c2cccc3ccccc23)CC1. The van der Waals surface area contributed by atoms with E-state index in [0.717, 1.165) is 16.3 Å². The van der Waals surface area contributed by atoms with E-state index in [-0.39, 0.29) is 18.2 Å². The third kappa shape index (κ3) is 4.18. The summed E-state index contributed by atoms with van der Waals surface area (Å²) < 4.78 is 0. The molecule has 0 unspecified atom stereocenters. The fourth-order valence-electron chi connectivity index (χ4n) is 3.22. The standard InChI is InChI=1S/C19H22N4O3/c20-19(26)21-17(24)8-9-22-10-12-23(13-11-22)18(25)16-7-3-5-14-4-1-2-6-15(14)16/h1-7H,8-13H2,(H3,20,21,24,26). The highest BCUT2D eigenvalue weighted by atomic mass is 16.2. The van der Waals surface area contributed by atoms with Crippen LogP contribution in [0.2, 0.25) is 0 Å². The highest BCUT2D eigenvalue weighted by Crippen LogP contribution is 2.20. The van der Waals surface area contributed by atoms with Crippen LogP contribution in [0.15, 0.2) is 42.5 Å². The van der Waals surface area contributed by atoms with Gasteiger partial charge in [-0.1, -0.05) is 36.4 Å². The Kier molecular flexibility index (Phi) is 5.48. The van der Waals surface area contributed by atoms with Gasteiger partial charge in [-0.3, -0.25) is 19.8 Å². The van der Waals surface area contributed by atoms with Crippen molar-refractivity contribution in [1.82, 2.24) is 15.1 Å². The fourth-order valence-corrected chi connectivity index (χ4v) is 3.22. The van der Waals surface area contributed by atoms with Crippen molar-refractivity contribution in [1.29, 1.82) is 0 Å². The van der Waals surface area contributed by atoms with E-state index in [0.29, 0.717) is 32.7 Å². The molecule has 7 heteroatoms. The van der Waals surface area contributed by atoms with Gasteiger partial charge in [-0.2, -0.15) is 0 Å². The second-order valence-electron chi connectivity index (χ2n) is 6.32. The first-order valence-electron chi connectivity index (χ1n) is 8.63. The van der Waals surface area contributed by atoms with Crippen molar-refractivity contribution in [3.8, 4) is 0 Å². The molecular weight excluding hydrogens is 332 g/mol. The average molecular weight is 354 g/mol. The van der Waals surface area contributed by atoms with Crippen LogP contribution in [0.3, 0.4) is 0 Å². The fraction of sp³-hybridized carbons (Fsp3) is 0.316. The maximum Gasteiger partial charge on any atom is 0.318 e. The summed E-state index contributed by atoms with van der Waals surface area (Å²) in [4.78, 5) is 39.0. The summed E-state index contributed by atoms with van der Waals surface area (Å²) in [5, 5.41) is 4.07. The summed E-state index contributed by atoms with van der Waals surface area (Å²) in [6.07, 6.45) is 0.209. The van der Waals surface area contributed by atoms with Gasteiger partial charge >= 0.3 is 6.03 Å². The Morgan fingerprint density at radius 3 is 2.38 bits per heavy atom. The molecule has 26 heavy (non-hydrogen) atoms. The lowest BCUT2D eigenvalue weighted by atomic mass is 10.0. The Morgan fingerprint density at radius 2 is 1.65 bits per heavy atom. The number of carbonyl (C=O) groups excluding carboxylic acids is 3. The topological polar surface area (TPSA) is 95.7 Å². The number of urea groups is 1. The average Bonchev–Trinajstić information content (AvgIpc) is 2.65. The molecule has 1 heterocycles. The van der Waals surface area contributed by atoms with Gasteiger partial charge in [-0.05, 0) is 16.8 Å². The summed E-state index contributed by atoms with van der Waals surface area (Å²) in [6.45, 7) is 3.15. The van der Waals surface area contributed by atoms with Crippen molar-refractivity contribution in [3.05, 3.63) is 48.0 Å². The molecule has 7 nitrogen and oxygen atoms in total. The summed E-state index contributed by atoms with van der Waals surface area (Å²) in [6, 6.07) is 12.8. The van der Waals surface area contributed by atoms with Crippen molar-refractivity contribution in [3.63, 3.8) is 0 Å². The molecule has 2 aromatic carbocycles. The molecule has 1 fully saturated rings. The van der Waals surface area contributed by atoms with Crippen molar-refractivity contribution < 1.29 is 14.4 Å². The molecule has 0 atom stereocenters. The van der Waals surface area contributed by atoms with Crippen molar-refractivity contribution in [2.75, 3.05) is 32.7 Å². The van der Waals surface area contributed by atoms with Gasteiger partial charge in [0.2, 0.25) is 5.91 Å². The number of hydrogen-bond acceptors (Lipinski definition) is 4. The molecule has 136 valence electrons. The summed E-state index contributed by atoms with van der Waals surface area (Å²) in [7, 11) is 0. The van der Waals surface area contributed by atoms with Gasteiger partial charge in [-0.15, -0.1) is 0 Å². The monoisotopic (exact) mass is 354 g/mol. The number of fused-ring (bicyclic) bond motifs is 1. The van der Waals surface area contributed by atoms with Crippen LogP contribution in [-0.2, 0) is 4.79 Å². The van der Waals surface area contributed by atoms with Crippen LogP contribution >= 0.6 is 0 Å². The molecule has 4 amide bonds. The van der Waals surface area contributed by atoms with E-state index < -0.39 is 6.03 Å². The first kappa shape index (κ1) is 17.9. The maximum absolute atomic E-state index is 12.9. The smallest absolute Gasteiger partial charge is 0.318 e. The predicted octanol–water partition coefficient (Wildman–Crippen LogP) is 1.18. The van der Waals surface area contributed by atoms with Crippen LogP contribution in [0.1, 0.15) is 16.8 Å². The van der Waals surface area contributed by atoms with E-state index in [1.807, 2.05) is 47.4 Å². The Bertz CT molecular complexity index is 823. The van der Waals surface area contributed by atoms with Gasteiger partial charge in [0.05, 0.1) is 0 Å². The Balaban J connectivity index is 1.57. The number of piperazine rings is 1. The number of hydrogen-bond donors (Lipinski definition) is 2. The third-order valence-corrected chi connectivity index (χ3v) is 4.60. The first-order valence-corrected chi connectivity index (χ1v) is 8.63. The second-order valence-corrected chi connectivity index (χ2v) is 6.32. The first-order chi connectivity index (χ1) is 12.5. The van der Waals surface area contributed by atoms with E-state index in [1.165, 1.54) is 0 Å². The lowest BCUT2D eigenvalue weighted by Gasteiger charge is -2.34. The number of carbonyl (C=O) groups is 3. The minimum Gasteiger partial charge on any atom is -0.351 e. The molecule has 3 rings (SSSR count). The lowest BCUT2D eigenvalue weighted by molar-refractivity contribution is -0.120. The van der Waals surface area contributed by atoms with E-state index in [9.17, 15) is 14.4 Å². The molecule has 1 aliphatic rings. The van der Waals surface area contributed by atoms with Crippen LogP contribution in [0.4, 0.5) is 4.79 Å². The Hall–Kier alpha value is -2.93. The molecule has 1 aliphatic heterocycles. The Morgan fingerprint density at radius 1 is 0.962 bits per heavy atom. The minimum absolute atomic E-state index is 0.0351. The third-order valence-electron chi connectivity index (χ3n) is 4.60. The number of rotatable bonds is 4. The molecule has 0 bridgehead atoms. The van der Waals surface area contributed by atoms with Gasteiger partial charge in [0.15, 0.2) is 0 Å². The van der Waals surface area contributed by atoms with E-state index in [4.69, 9.17) is 5.73 Å². The van der Waals surface area contributed by atoms with Crippen molar-refractivity contribution in [2.24, 2.45) is 5.73 Å². The molecule has 1 saturated heterocycles. The Labute approximate surface area is 151 Å². The quantitative estimate of drug-likeness (QED) is 0.862. The zero-order valence-electron chi connectivity index (χ0n) is 14.5. The van der Waals surface area contributed by atoms with Crippen LogP contribution in [0.25, 0.3) is 10.8 Å². The molecule has 0 aromatic heterocycles. The lowest BCUT2D eigenvalue weighted by Crippen LogP contribution is -2.49. The maximum atomic E-state index is 12.9.